The summed E-state index contributed by atoms with van der Waals surface area (Å²) in [5.74, 6) is 0.692. The van der Waals surface area contributed by atoms with Crippen molar-refractivity contribution in [3.05, 3.63) is 34.9 Å². The van der Waals surface area contributed by atoms with Crippen molar-refractivity contribution in [1.29, 1.82) is 0 Å². The summed E-state index contributed by atoms with van der Waals surface area (Å²) in [6.45, 7) is 5.84. The lowest BCUT2D eigenvalue weighted by molar-refractivity contribution is 0.0534. The summed E-state index contributed by atoms with van der Waals surface area (Å²) in [6.07, 6.45) is 3.23. The van der Waals surface area contributed by atoms with Crippen molar-refractivity contribution in [2.45, 2.75) is 26.4 Å². The number of carbonyl (C=O) groups excluding carboxylic acids is 1. The van der Waals surface area contributed by atoms with E-state index in [1.54, 1.807) is 13.2 Å². The SMILES string of the molecule is COc1cc(Cl)cc(C=CCNC(=O)OC(C)(C)C)c1. The Hall–Kier alpha value is -1.68. The highest BCUT2D eigenvalue weighted by atomic mass is 35.5. The van der Waals surface area contributed by atoms with Crippen LogP contribution >= 0.6 is 11.6 Å². The van der Waals surface area contributed by atoms with Crippen LogP contribution in [0, 0.1) is 0 Å². The smallest absolute Gasteiger partial charge is 0.407 e. The predicted octanol–water partition coefficient (Wildman–Crippen LogP) is 3.89. The van der Waals surface area contributed by atoms with Crippen molar-refractivity contribution in [2.24, 2.45) is 0 Å². The highest BCUT2D eigenvalue weighted by Gasteiger charge is 2.14. The molecule has 1 rings (SSSR count). The number of nitrogens with one attached hydrogen (secondary N) is 1. The van der Waals surface area contributed by atoms with E-state index >= 15 is 0 Å². The van der Waals surface area contributed by atoms with Gasteiger partial charge in [0.25, 0.3) is 0 Å². The minimum Gasteiger partial charge on any atom is -0.497 e. The van der Waals surface area contributed by atoms with Crippen molar-refractivity contribution in [1.82, 2.24) is 5.32 Å². The molecule has 1 aromatic carbocycles. The van der Waals surface area contributed by atoms with E-state index < -0.39 is 11.7 Å². The number of hydrogen-bond acceptors (Lipinski definition) is 3. The Balaban J connectivity index is 2.49. The third-order valence-corrected chi connectivity index (χ3v) is 2.42. The molecule has 1 aromatic rings. The second kappa shape index (κ2) is 7.20. The molecule has 0 unspecified atom stereocenters. The molecule has 0 aromatic heterocycles. The van der Waals surface area contributed by atoms with Gasteiger partial charge in [0, 0.05) is 11.6 Å². The van der Waals surface area contributed by atoms with Gasteiger partial charge in [0.15, 0.2) is 0 Å². The zero-order valence-corrected chi connectivity index (χ0v) is 13.0. The molecule has 0 fully saturated rings. The molecule has 0 aliphatic carbocycles. The number of hydrogen-bond donors (Lipinski definition) is 1. The summed E-state index contributed by atoms with van der Waals surface area (Å²) in [5.41, 5.74) is 0.411. The van der Waals surface area contributed by atoms with Crippen molar-refractivity contribution in [3.8, 4) is 5.75 Å². The molecule has 0 aliphatic rings. The maximum Gasteiger partial charge on any atom is 0.407 e. The maximum atomic E-state index is 11.4. The van der Waals surface area contributed by atoms with Crippen LogP contribution in [0.1, 0.15) is 26.3 Å². The van der Waals surface area contributed by atoms with Crippen molar-refractivity contribution in [3.63, 3.8) is 0 Å². The van der Waals surface area contributed by atoms with E-state index in [0.29, 0.717) is 17.3 Å². The number of benzene rings is 1. The highest BCUT2D eigenvalue weighted by molar-refractivity contribution is 6.30. The third kappa shape index (κ3) is 6.48. The van der Waals surface area contributed by atoms with Gasteiger partial charge in [-0.05, 0) is 44.5 Å². The van der Waals surface area contributed by atoms with Crippen molar-refractivity contribution >= 4 is 23.8 Å². The Morgan fingerprint density at radius 1 is 1.35 bits per heavy atom. The molecular formula is C15H20ClNO3. The molecule has 20 heavy (non-hydrogen) atoms. The molecular weight excluding hydrogens is 278 g/mol. The fourth-order valence-corrected chi connectivity index (χ4v) is 1.68. The molecule has 1 amide bonds. The Morgan fingerprint density at radius 2 is 2.05 bits per heavy atom. The summed E-state index contributed by atoms with van der Waals surface area (Å²) < 4.78 is 10.2. The van der Waals surface area contributed by atoms with E-state index in [4.69, 9.17) is 21.1 Å². The van der Waals surface area contributed by atoms with Crippen LogP contribution in [0.4, 0.5) is 4.79 Å². The van der Waals surface area contributed by atoms with Crippen LogP contribution in [0.5, 0.6) is 5.75 Å². The molecule has 0 saturated carbocycles. The third-order valence-electron chi connectivity index (χ3n) is 2.20. The molecule has 1 N–H and O–H groups in total. The Labute approximate surface area is 124 Å². The second-order valence-corrected chi connectivity index (χ2v) is 5.65. The average molecular weight is 298 g/mol. The normalized spacial score (nSPS) is 11.4. The van der Waals surface area contributed by atoms with Gasteiger partial charge >= 0.3 is 6.09 Å². The summed E-state index contributed by atoms with van der Waals surface area (Å²) in [4.78, 5) is 11.4. The van der Waals surface area contributed by atoms with Crippen LogP contribution in [0.2, 0.25) is 5.02 Å². The number of halogens is 1. The molecule has 0 saturated heterocycles. The highest BCUT2D eigenvalue weighted by Crippen LogP contribution is 2.21. The first-order valence-electron chi connectivity index (χ1n) is 6.28. The second-order valence-electron chi connectivity index (χ2n) is 5.21. The summed E-state index contributed by atoms with van der Waals surface area (Å²) >= 11 is 5.96. The van der Waals surface area contributed by atoms with Crippen LogP contribution in [0.3, 0.4) is 0 Å². The molecule has 0 spiro atoms. The number of carbonyl (C=O) groups is 1. The molecule has 0 heterocycles. The number of amides is 1. The number of ether oxygens (including phenoxy) is 2. The molecule has 4 nitrogen and oxygen atoms in total. The monoisotopic (exact) mass is 297 g/mol. The van der Waals surface area contributed by atoms with Gasteiger partial charge in [-0.15, -0.1) is 0 Å². The van der Waals surface area contributed by atoms with E-state index in [-0.39, 0.29) is 0 Å². The van der Waals surface area contributed by atoms with E-state index in [2.05, 4.69) is 5.32 Å². The lowest BCUT2D eigenvalue weighted by Gasteiger charge is -2.19. The maximum absolute atomic E-state index is 11.4. The van der Waals surface area contributed by atoms with E-state index in [0.717, 1.165) is 5.56 Å². The first-order chi connectivity index (χ1) is 9.30. The largest absolute Gasteiger partial charge is 0.497 e. The Morgan fingerprint density at radius 3 is 2.65 bits per heavy atom. The molecule has 5 heteroatoms. The standard InChI is InChI=1S/C15H20ClNO3/c1-15(2,3)20-14(18)17-7-5-6-11-8-12(16)10-13(9-11)19-4/h5-6,8-10H,7H2,1-4H3,(H,17,18). The lowest BCUT2D eigenvalue weighted by Crippen LogP contribution is -2.32. The summed E-state index contributed by atoms with van der Waals surface area (Å²) in [6, 6.07) is 5.40. The minimum atomic E-state index is -0.492. The molecule has 0 bridgehead atoms. The number of alkyl carbamates (subject to hydrolysis) is 1. The van der Waals surface area contributed by atoms with Crippen LogP contribution in [-0.4, -0.2) is 25.3 Å². The summed E-state index contributed by atoms with van der Waals surface area (Å²) in [5, 5.41) is 3.24. The van der Waals surface area contributed by atoms with Gasteiger partial charge in [-0.1, -0.05) is 23.8 Å². The molecule has 110 valence electrons. The van der Waals surface area contributed by atoms with Gasteiger partial charge < -0.3 is 14.8 Å². The number of rotatable bonds is 4. The Kier molecular flexibility index (Phi) is 5.89. The first-order valence-corrected chi connectivity index (χ1v) is 6.66. The van der Waals surface area contributed by atoms with Gasteiger partial charge in [-0.3, -0.25) is 0 Å². The zero-order valence-electron chi connectivity index (χ0n) is 12.2. The van der Waals surface area contributed by atoms with E-state index in [9.17, 15) is 4.79 Å². The quantitative estimate of drug-likeness (QED) is 0.917. The van der Waals surface area contributed by atoms with Crippen molar-refractivity contribution < 1.29 is 14.3 Å². The van der Waals surface area contributed by atoms with Crippen molar-refractivity contribution in [2.75, 3.05) is 13.7 Å². The van der Waals surface area contributed by atoms with Crippen LogP contribution in [0.25, 0.3) is 6.08 Å². The Bertz CT molecular complexity index is 492. The van der Waals surface area contributed by atoms with Gasteiger partial charge in [0.2, 0.25) is 0 Å². The molecule has 0 radical (unpaired) electrons. The average Bonchev–Trinajstić information content (AvgIpc) is 2.32. The number of methoxy groups -OCH3 is 1. The predicted molar refractivity (Wildman–Crippen MR) is 81.3 cm³/mol. The van der Waals surface area contributed by atoms with E-state index in [1.165, 1.54) is 0 Å². The van der Waals surface area contributed by atoms with Gasteiger partial charge in [-0.2, -0.15) is 0 Å². The topological polar surface area (TPSA) is 47.6 Å². The fourth-order valence-electron chi connectivity index (χ4n) is 1.45. The van der Waals surface area contributed by atoms with Crippen LogP contribution in [0.15, 0.2) is 24.3 Å². The zero-order chi connectivity index (χ0) is 15.2. The molecule has 0 atom stereocenters. The van der Waals surface area contributed by atoms with Gasteiger partial charge in [0.1, 0.15) is 11.4 Å². The lowest BCUT2D eigenvalue weighted by atomic mass is 10.2. The first kappa shape index (κ1) is 16.4. The summed E-state index contributed by atoms with van der Waals surface area (Å²) in [7, 11) is 1.59. The van der Waals surface area contributed by atoms with Gasteiger partial charge in [-0.25, -0.2) is 4.79 Å². The van der Waals surface area contributed by atoms with E-state index in [1.807, 2.05) is 45.1 Å². The molecule has 0 aliphatic heterocycles. The van der Waals surface area contributed by atoms with Gasteiger partial charge in [0.05, 0.1) is 7.11 Å². The van der Waals surface area contributed by atoms with Crippen LogP contribution < -0.4 is 10.1 Å². The van der Waals surface area contributed by atoms with Crippen LogP contribution in [-0.2, 0) is 4.74 Å². The minimum absolute atomic E-state index is 0.379. The fraction of sp³-hybridized carbons (Fsp3) is 0.400.